The molecule has 88 valence electrons. The molecular formula is C10H15N3O3. The molecule has 1 aromatic heterocycles. The standard InChI is InChI=1S/C10H15N3O3/c1-3-15-8-5-7(10(14)13-11)6-9(12-8)16-4-2/h5-6H,3-4,11H2,1-2H3,(H,13,14). The van der Waals surface area contributed by atoms with Gasteiger partial charge in [0.1, 0.15) is 0 Å². The van der Waals surface area contributed by atoms with E-state index in [1.54, 1.807) is 0 Å². The highest BCUT2D eigenvalue weighted by Crippen LogP contribution is 2.18. The van der Waals surface area contributed by atoms with Crippen LogP contribution in [0.25, 0.3) is 0 Å². The van der Waals surface area contributed by atoms with Gasteiger partial charge in [0.25, 0.3) is 5.91 Å². The van der Waals surface area contributed by atoms with Gasteiger partial charge in [-0.25, -0.2) is 5.84 Å². The maximum Gasteiger partial charge on any atom is 0.265 e. The van der Waals surface area contributed by atoms with Gasteiger partial charge in [0, 0.05) is 12.1 Å². The van der Waals surface area contributed by atoms with Crippen molar-refractivity contribution in [2.75, 3.05) is 13.2 Å². The summed E-state index contributed by atoms with van der Waals surface area (Å²) in [6.07, 6.45) is 0. The number of carbonyl (C=O) groups is 1. The summed E-state index contributed by atoms with van der Waals surface area (Å²) >= 11 is 0. The van der Waals surface area contributed by atoms with E-state index >= 15 is 0 Å². The third-order valence-electron chi connectivity index (χ3n) is 1.76. The molecule has 1 aromatic rings. The predicted molar refractivity (Wildman–Crippen MR) is 58.2 cm³/mol. The van der Waals surface area contributed by atoms with Crippen LogP contribution in [0.4, 0.5) is 0 Å². The van der Waals surface area contributed by atoms with E-state index in [4.69, 9.17) is 15.3 Å². The van der Waals surface area contributed by atoms with Crippen LogP contribution in [0.5, 0.6) is 11.8 Å². The molecule has 0 aliphatic rings. The first-order chi connectivity index (χ1) is 7.71. The number of nitrogen functional groups attached to an aromatic ring is 1. The number of ether oxygens (including phenoxy) is 2. The Bertz CT molecular complexity index is 344. The zero-order valence-electron chi connectivity index (χ0n) is 9.32. The molecule has 3 N–H and O–H groups in total. The molecule has 0 saturated carbocycles. The minimum Gasteiger partial charge on any atom is -0.478 e. The lowest BCUT2D eigenvalue weighted by molar-refractivity contribution is 0.0952. The lowest BCUT2D eigenvalue weighted by atomic mass is 10.2. The number of amides is 1. The van der Waals surface area contributed by atoms with Gasteiger partial charge in [0.05, 0.1) is 18.8 Å². The van der Waals surface area contributed by atoms with Gasteiger partial charge in [0.2, 0.25) is 11.8 Å². The first kappa shape index (κ1) is 12.3. The third kappa shape index (κ3) is 3.09. The van der Waals surface area contributed by atoms with Crippen LogP contribution in [-0.2, 0) is 0 Å². The molecule has 1 heterocycles. The first-order valence-corrected chi connectivity index (χ1v) is 4.99. The minimum atomic E-state index is -0.413. The van der Waals surface area contributed by atoms with Crippen LogP contribution in [-0.4, -0.2) is 24.1 Å². The molecule has 1 rings (SSSR count). The van der Waals surface area contributed by atoms with Crippen LogP contribution >= 0.6 is 0 Å². The highest BCUT2D eigenvalue weighted by atomic mass is 16.5. The summed E-state index contributed by atoms with van der Waals surface area (Å²) < 4.78 is 10.4. The van der Waals surface area contributed by atoms with Crippen molar-refractivity contribution in [3.8, 4) is 11.8 Å². The summed E-state index contributed by atoms with van der Waals surface area (Å²) in [6, 6.07) is 3.02. The van der Waals surface area contributed by atoms with Crippen molar-refractivity contribution in [2.24, 2.45) is 5.84 Å². The zero-order chi connectivity index (χ0) is 12.0. The summed E-state index contributed by atoms with van der Waals surface area (Å²) in [5.41, 5.74) is 2.39. The van der Waals surface area contributed by atoms with E-state index < -0.39 is 5.91 Å². The first-order valence-electron chi connectivity index (χ1n) is 4.99. The number of nitrogens with two attached hydrogens (primary N) is 1. The fourth-order valence-electron chi connectivity index (χ4n) is 1.14. The van der Waals surface area contributed by atoms with Crippen molar-refractivity contribution < 1.29 is 14.3 Å². The predicted octanol–water partition coefficient (Wildman–Crippen LogP) is 0.482. The van der Waals surface area contributed by atoms with Crippen molar-refractivity contribution in [1.29, 1.82) is 0 Å². The van der Waals surface area contributed by atoms with E-state index in [9.17, 15) is 4.79 Å². The number of hydrogen-bond acceptors (Lipinski definition) is 5. The van der Waals surface area contributed by atoms with Crippen molar-refractivity contribution in [3.63, 3.8) is 0 Å². The molecule has 0 aromatic carbocycles. The van der Waals surface area contributed by atoms with Gasteiger partial charge in [-0.15, -0.1) is 0 Å². The SMILES string of the molecule is CCOc1cc(C(=O)NN)cc(OCC)n1. The highest BCUT2D eigenvalue weighted by Gasteiger charge is 2.09. The van der Waals surface area contributed by atoms with Crippen molar-refractivity contribution >= 4 is 5.91 Å². The van der Waals surface area contributed by atoms with Crippen LogP contribution in [0.15, 0.2) is 12.1 Å². The summed E-state index contributed by atoms with van der Waals surface area (Å²) in [5, 5.41) is 0. The van der Waals surface area contributed by atoms with E-state index in [-0.39, 0.29) is 0 Å². The van der Waals surface area contributed by atoms with Gasteiger partial charge in [-0.1, -0.05) is 0 Å². The molecule has 1 amide bonds. The number of pyridine rings is 1. The molecule has 6 nitrogen and oxygen atoms in total. The number of carbonyl (C=O) groups excluding carboxylic acids is 1. The molecule has 0 fully saturated rings. The monoisotopic (exact) mass is 225 g/mol. The van der Waals surface area contributed by atoms with Crippen LogP contribution in [0.3, 0.4) is 0 Å². The topological polar surface area (TPSA) is 86.5 Å². The maximum absolute atomic E-state index is 11.4. The molecule has 0 atom stereocenters. The van der Waals surface area contributed by atoms with Crippen LogP contribution in [0, 0.1) is 0 Å². The normalized spacial score (nSPS) is 9.69. The largest absolute Gasteiger partial charge is 0.478 e. The molecule has 0 aliphatic carbocycles. The van der Waals surface area contributed by atoms with Crippen LogP contribution in [0.1, 0.15) is 24.2 Å². The van der Waals surface area contributed by atoms with E-state index in [0.29, 0.717) is 30.5 Å². The van der Waals surface area contributed by atoms with E-state index in [1.807, 2.05) is 19.3 Å². The average molecular weight is 225 g/mol. The van der Waals surface area contributed by atoms with Crippen molar-refractivity contribution in [1.82, 2.24) is 10.4 Å². The van der Waals surface area contributed by atoms with E-state index in [2.05, 4.69) is 4.98 Å². The Morgan fingerprint density at radius 3 is 2.19 bits per heavy atom. The van der Waals surface area contributed by atoms with Gasteiger partial charge >= 0.3 is 0 Å². The Labute approximate surface area is 93.7 Å². The van der Waals surface area contributed by atoms with Crippen molar-refractivity contribution in [2.45, 2.75) is 13.8 Å². The number of hydrazine groups is 1. The Morgan fingerprint density at radius 1 is 1.31 bits per heavy atom. The molecule has 0 radical (unpaired) electrons. The lowest BCUT2D eigenvalue weighted by Crippen LogP contribution is -2.30. The van der Waals surface area contributed by atoms with Crippen LogP contribution < -0.4 is 20.7 Å². The van der Waals surface area contributed by atoms with Gasteiger partial charge in [0.15, 0.2) is 0 Å². The third-order valence-corrected chi connectivity index (χ3v) is 1.76. The van der Waals surface area contributed by atoms with Gasteiger partial charge in [-0.2, -0.15) is 4.98 Å². The fraction of sp³-hybridized carbons (Fsp3) is 0.400. The Morgan fingerprint density at radius 2 is 1.81 bits per heavy atom. The number of nitrogens with one attached hydrogen (secondary N) is 1. The number of nitrogens with zero attached hydrogens (tertiary/aromatic N) is 1. The summed E-state index contributed by atoms with van der Waals surface area (Å²) in [7, 11) is 0. The molecule has 0 spiro atoms. The van der Waals surface area contributed by atoms with E-state index in [0.717, 1.165) is 0 Å². The average Bonchev–Trinajstić information content (AvgIpc) is 2.28. The highest BCUT2D eigenvalue weighted by molar-refractivity contribution is 5.94. The number of aromatic nitrogens is 1. The molecule has 0 unspecified atom stereocenters. The molecule has 6 heteroatoms. The Kier molecular flexibility index (Phi) is 4.53. The lowest BCUT2D eigenvalue weighted by Gasteiger charge is -2.08. The maximum atomic E-state index is 11.4. The summed E-state index contributed by atoms with van der Waals surface area (Å²) in [5.74, 6) is 5.32. The molecule has 0 aliphatic heterocycles. The Balaban J connectivity index is 3.02. The molecule has 0 bridgehead atoms. The smallest absolute Gasteiger partial charge is 0.265 e. The summed E-state index contributed by atoms with van der Waals surface area (Å²) in [6.45, 7) is 4.59. The van der Waals surface area contributed by atoms with Crippen LogP contribution in [0.2, 0.25) is 0 Å². The fourth-order valence-corrected chi connectivity index (χ4v) is 1.14. The molecular weight excluding hydrogens is 210 g/mol. The molecule has 0 saturated heterocycles. The molecule has 16 heavy (non-hydrogen) atoms. The van der Waals surface area contributed by atoms with Gasteiger partial charge < -0.3 is 9.47 Å². The van der Waals surface area contributed by atoms with Crippen molar-refractivity contribution in [3.05, 3.63) is 17.7 Å². The second-order valence-corrected chi connectivity index (χ2v) is 2.87. The second-order valence-electron chi connectivity index (χ2n) is 2.87. The number of rotatable bonds is 5. The Hall–Kier alpha value is -1.82. The van der Waals surface area contributed by atoms with E-state index in [1.165, 1.54) is 12.1 Å². The summed E-state index contributed by atoms with van der Waals surface area (Å²) in [4.78, 5) is 15.4. The van der Waals surface area contributed by atoms with Gasteiger partial charge in [-0.3, -0.25) is 10.2 Å². The minimum absolute atomic E-state index is 0.340. The van der Waals surface area contributed by atoms with Gasteiger partial charge in [-0.05, 0) is 13.8 Å². The zero-order valence-corrected chi connectivity index (χ0v) is 9.32. The second kappa shape index (κ2) is 5.92. The quantitative estimate of drug-likeness (QED) is 0.432. The number of hydrogen-bond donors (Lipinski definition) is 2.